The monoisotopic (exact) mass is 489 g/mol. The first kappa shape index (κ1) is 23.6. The molecule has 0 radical (unpaired) electrons. The second-order valence-corrected chi connectivity index (χ2v) is 7.83. The summed E-state index contributed by atoms with van der Waals surface area (Å²) in [5, 5.41) is 7.62. The van der Waals surface area contributed by atoms with Gasteiger partial charge in [0.05, 0.1) is 27.7 Å². The van der Waals surface area contributed by atoms with Crippen LogP contribution in [0.25, 0.3) is 0 Å². The molecule has 0 saturated carbocycles. The molecule has 0 bridgehead atoms. The number of hydrazone groups is 1. The molecule has 0 aromatic heterocycles. The third kappa shape index (κ3) is 7.27. The molecule has 164 valence electrons. The normalized spacial score (nSPS) is 10.7. The minimum absolute atomic E-state index is 0.230. The molecule has 3 aromatic rings. The van der Waals surface area contributed by atoms with Crippen molar-refractivity contribution in [2.75, 3.05) is 11.9 Å². The molecule has 6 nitrogen and oxygen atoms in total. The van der Waals surface area contributed by atoms with E-state index in [4.69, 9.17) is 39.5 Å². The van der Waals surface area contributed by atoms with E-state index in [1.54, 1.807) is 36.4 Å². The average molecular weight is 491 g/mol. The van der Waals surface area contributed by atoms with Gasteiger partial charge in [0, 0.05) is 5.69 Å². The minimum atomic E-state index is -0.383. The second kappa shape index (κ2) is 11.5. The second-order valence-electron chi connectivity index (χ2n) is 6.61. The number of amides is 2. The van der Waals surface area contributed by atoms with Crippen molar-refractivity contribution in [1.29, 1.82) is 0 Å². The van der Waals surface area contributed by atoms with Crippen LogP contribution in [0.4, 0.5) is 5.69 Å². The topological polar surface area (TPSA) is 79.8 Å². The first-order valence-corrected chi connectivity index (χ1v) is 10.6. The van der Waals surface area contributed by atoms with E-state index in [9.17, 15) is 9.59 Å². The molecule has 0 aliphatic carbocycles. The van der Waals surface area contributed by atoms with Crippen LogP contribution >= 0.6 is 34.8 Å². The van der Waals surface area contributed by atoms with Crippen LogP contribution in [0.1, 0.15) is 11.1 Å². The lowest BCUT2D eigenvalue weighted by atomic mass is 10.1. The van der Waals surface area contributed by atoms with E-state index in [0.717, 1.165) is 5.56 Å². The van der Waals surface area contributed by atoms with Gasteiger partial charge in [-0.3, -0.25) is 9.59 Å². The molecule has 9 heteroatoms. The van der Waals surface area contributed by atoms with Gasteiger partial charge in [-0.15, -0.1) is 0 Å². The van der Waals surface area contributed by atoms with Gasteiger partial charge in [0.2, 0.25) is 5.91 Å². The number of hydrogen-bond donors (Lipinski definition) is 2. The van der Waals surface area contributed by atoms with E-state index in [-0.39, 0.29) is 24.8 Å². The lowest BCUT2D eigenvalue weighted by Crippen LogP contribution is -2.20. The summed E-state index contributed by atoms with van der Waals surface area (Å²) in [5.74, 6) is -0.279. The van der Waals surface area contributed by atoms with E-state index >= 15 is 0 Å². The van der Waals surface area contributed by atoms with Gasteiger partial charge < -0.3 is 10.1 Å². The van der Waals surface area contributed by atoms with Gasteiger partial charge in [0.15, 0.2) is 6.61 Å². The Morgan fingerprint density at radius 2 is 1.66 bits per heavy atom. The van der Waals surface area contributed by atoms with Crippen molar-refractivity contribution >= 4 is 58.5 Å². The van der Waals surface area contributed by atoms with Crippen LogP contribution in [-0.2, 0) is 16.0 Å². The molecular weight excluding hydrogens is 473 g/mol. The smallest absolute Gasteiger partial charge is 0.262 e. The van der Waals surface area contributed by atoms with Crippen LogP contribution in [0.5, 0.6) is 5.75 Å². The van der Waals surface area contributed by atoms with Crippen LogP contribution in [0.2, 0.25) is 15.1 Å². The van der Waals surface area contributed by atoms with Crippen molar-refractivity contribution in [3.63, 3.8) is 0 Å². The first-order chi connectivity index (χ1) is 15.4. The molecule has 0 fully saturated rings. The molecule has 0 aliphatic rings. The number of nitrogens with one attached hydrogen (secondary N) is 2. The highest BCUT2D eigenvalue weighted by atomic mass is 35.5. The summed E-state index contributed by atoms with van der Waals surface area (Å²) in [5.41, 5.74) is 4.52. The Hall–Kier alpha value is -3.06. The Balaban J connectivity index is 1.48. The number of carbonyl (C=O) groups is 2. The molecule has 0 unspecified atom stereocenters. The molecule has 3 rings (SSSR count). The van der Waals surface area contributed by atoms with Gasteiger partial charge in [0.25, 0.3) is 5.91 Å². The fourth-order valence-electron chi connectivity index (χ4n) is 2.63. The van der Waals surface area contributed by atoms with Gasteiger partial charge in [-0.25, -0.2) is 5.43 Å². The van der Waals surface area contributed by atoms with E-state index in [0.29, 0.717) is 32.1 Å². The zero-order chi connectivity index (χ0) is 22.9. The van der Waals surface area contributed by atoms with Crippen molar-refractivity contribution in [3.8, 4) is 5.75 Å². The Morgan fingerprint density at radius 1 is 0.875 bits per heavy atom. The molecule has 0 spiro atoms. The van der Waals surface area contributed by atoms with Crippen LogP contribution in [0, 0.1) is 0 Å². The maximum Gasteiger partial charge on any atom is 0.262 e. The maximum atomic E-state index is 12.1. The summed E-state index contributed by atoms with van der Waals surface area (Å²) in [4.78, 5) is 24.0. The van der Waals surface area contributed by atoms with Gasteiger partial charge in [-0.1, -0.05) is 65.1 Å². The van der Waals surface area contributed by atoms with Crippen molar-refractivity contribution in [2.45, 2.75) is 6.42 Å². The van der Waals surface area contributed by atoms with Crippen molar-refractivity contribution in [3.05, 3.63) is 92.9 Å². The zero-order valence-electron chi connectivity index (χ0n) is 16.6. The lowest BCUT2D eigenvalue weighted by Gasteiger charge is -2.10. The quantitative estimate of drug-likeness (QED) is 0.330. The maximum absolute atomic E-state index is 12.1. The van der Waals surface area contributed by atoms with Crippen LogP contribution < -0.4 is 15.5 Å². The molecule has 0 atom stereocenters. The first-order valence-electron chi connectivity index (χ1n) is 9.44. The predicted octanol–water partition coefficient (Wildman–Crippen LogP) is 5.36. The van der Waals surface area contributed by atoms with E-state index in [2.05, 4.69) is 15.8 Å². The molecule has 0 heterocycles. The summed E-state index contributed by atoms with van der Waals surface area (Å²) in [6.07, 6.45) is 1.70. The van der Waals surface area contributed by atoms with E-state index < -0.39 is 0 Å². The molecule has 3 aromatic carbocycles. The third-order valence-electron chi connectivity index (χ3n) is 4.13. The number of nitrogens with zero attached hydrogens (tertiary/aromatic N) is 1. The Bertz CT molecular complexity index is 1140. The third-order valence-corrected chi connectivity index (χ3v) is 5.16. The van der Waals surface area contributed by atoms with Gasteiger partial charge >= 0.3 is 0 Å². The Kier molecular flexibility index (Phi) is 8.50. The number of halogens is 3. The number of ether oxygens (including phenoxy) is 1. The highest BCUT2D eigenvalue weighted by molar-refractivity contribution is 6.42. The summed E-state index contributed by atoms with van der Waals surface area (Å²) in [6, 6.07) is 19.0. The van der Waals surface area contributed by atoms with Crippen molar-refractivity contribution < 1.29 is 14.3 Å². The fraction of sp³-hybridized carbons (Fsp3) is 0.0870. The molecule has 0 saturated heterocycles. The summed E-state index contributed by atoms with van der Waals surface area (Å²) in [6.45, 7) is -0.247. The van der Waals surface area contributed by atoms with Crippen LogP contribution in [0.15, 0.2) is 71.8 Å². The van der Waals surface area contributed by atoms with Gasteiger partial charge in [0.1, 0.15) is 5.75 Å². The highest BCUT2D eigenvalue weighted by Crippen LogP contribution is 2.26. The average Bonchev–Trinajstić information content (AvgIpc) is 2.76. The molecule has 2 N–H and O–H groups in total. The van der Waals surface area contributed by atoms with Crippen molar-refractivity contribution in [1.82, 2.24) is 5.43 Å². The largest absolute Gasteiger partial charge is 0.482 e. The number of hydrogen-bond acceptors (Lipinski definition) is 4. The number of carbonyl (C=O) groups excluding carboxylic acids is 2. The number of rotatable bonds is 8. The van der Waals surface area contributed by atoms with Gasteiger partial charge in [-0.05, 0) is 47.5 Å². The van der Waals surface area contributed by atoms with Crippen molar-refractivity contribution in [2.24, 2.45) is 5.10 Å². The SMILES string of the molecule is O=C(Cc1ccccc1)NN=Cc1ccc(OCC(=O)Nc2ccc(Cl)c(Cl)c2)c(Cl)c1. The highest BCUT2D eigenvalue weighted by Gasteiger charge is 2.08. The molecular formula is C23H18Cl3N3O3. The Morgan fingerprint density at radius 3 is 2.38 bits per heavy atom. The molecule has 0 aliphatic heterocycles. The standard InChI is InChI=1S/C23H18Cl3N3O3/c24-18-8-7-17(12-19(18)25)28-23(31)14-32-21-9-6-16(10-20(21)26)13-27-29-22(30)11-15-4-2-1-3-5-15/h1-10,12-13H,11,14H2,(H,28,31)(H,29,30). The van der Waals surface area contributed by atoms with E-state index in [1.165, 1.54) is 6.21 Å². The predicted molar refractivity (Wildman–Crippen MR) is 128 cm³/mol. The summed E-state index contributed by atoms with van der Waals surface area (Å²) >= 11 is 18.0. The number of anilines is 1. The molecule has 32 heavy (non-hydrogen) atoms. The summed E-state index contributed by atoms with van der Waals surface area (Å²) in [7, 11) is 0. The Labute approximate surface area is 200 Å². The van der Waals surface area contributed by atoms with E-state index in [1.807, 2.05) is 30.3 Å². The zero-order valence-corrected chi connectivity index (χ0v) is 18.9. The van der Waals surface area contributed by atoms with Crippen LogP contribution in [-0.4, -0.2) is 24.6 Å². The minimum Gasteiger partial charge on any atom is -0.482 e. The van der Waals surface area contributed by atoms with Gasteiger partial charge in [-0.2, -0.15) is 5.10 Å². The summed E-state index contributed by atoms with van der Waals surface area (Å²) < 4.78 is 5.47. The lowest BCUT2D eigenvalue weighted by molar-refractivity contribution is -0.120. The van der Waals surface area contributed by atoms with Crippen LogP contribution in [0.3, 0.4) is 0 Å². The number of benzene rings is 3. The fourth-order valence-corrected chi connectivity index (χ4v) is 3.17. The molecule has 2 amide bonds.